The molecule has 0 spiro atoms. The summed E-state index contributed by atoms with van der Waals surface area (Å²) in [6, 6.07) is 0. The molecule has 3 heteroatoms. The number of amides is 2. The van der Waals surface area contributed by atoms with E-state index in [1.165, 1.54) is 6.92 Å². The van der Waals surface area contributed by atoms with Gasteiger partial charge in [-0.3, -0.25) is 14.5 Å². The van der Waals surface area contributed by atoms with E-state index < -0.39 is 0 Å². The van der Waals surface area contributed by atoms with Gasteiger partial charge in [0.1, 0.15) is 0 Å². The quantitative estimate of drug-likeness (QED) is 0.527. The van der Waals surface area contributed by atoms with Crippen LogP contribution in [-0.4, -0.2) is 17.2 Å². The monoisotopic (exact) mass is 139 g/mol. The molecule has 10 heavy (non-hydrogen) atoms. The molecule has 0 heterocycles. The third-order valence-corrected chi connectivity index (χ3v) is 1.53. The molecule has 0 aromatic heterocycles. The molecule has 54 valence electrons. The van der Waals surface area contributed by atoms with Gasteiger partial charge in [0.25, 0.3) is 0 Å². The SMILES string of the molecule is CC(=O)N(C=O)C1=CCC1. The summed E-state index contributed by atoms with van der Waals surface area (Å²) in [5.74, 6) is -0.207. The maximum absolute atomic E-state index is 10.7. The first-order valence-electron chi connectivity index (χ1n) is 3.20. The molecule has 1 aliphatic rings. The van der Waals surface area contributed by atoms with Gasteiger partial charge in [-0.2, -0.15) is 0 Å². The number of rotatable bonds is 2. The van der Waals surface area contributed by atoms with Crippen molar-refractivity contribution >= 4 is 12.3 Å². The lowest BCUT2D eigenvalue weighted by Crippen LogP contribution is -2.28. The van der Waals surface area contributed by atoms with E-state index in [9.17, 15) is 9.59 Å². The summed E-state index contributed by atoms with van der Waals surface area (Å²) in [7, 11) is 0. The van der Waals surface area contributed by atoms with Gasteiger partial charge in [0, 0.05) is 12.6 Å². The van der Waals surface area contributed by atoms with Crippen molar-refractivity contribution in [2.75, 3.05) is 0 Å². The van der Waals surface area contributed by atoms with E-state index in [2.05, 4.69) is 0 Å². The predicted molar refractivity (Wildman–Crippen MR) is 35.9 cm³/mol. The minimum atomic E-state index is -0.207. The first-order chi connectivity index (χ1) is 4.75. The van der Waals surface area contributed by atoms with Gasteiger partial charge in [-0.1, -0.05) is 6.08 Å². The maximum Gasteiger partial charge on any atom is 0.230 e. The summed E-state index contributed by atoms with van der Waals surface area (Å²) in [4.78, 5) is 22.1. The van der Waals surface area contributed by atoms with E-state index in [-0.39, 0.29) is 5.91 Å². The Hall–Kier alpha value is -1.12. The largest absolute Gasteiger partial charge is 0.278 e. The fourth-order valence-electron chi connectivity index (χ4n) is 0.836. The Labute approximate surface area is 59.3 Å². The molecule has 0 radical (unpaired) electrons. The van der Waals surface area contributed by atoms with Gasteiger partial charge < -0.3 is 0 Å². The fourth-order valence-corrected chi connectivity index (χ4v) is 0.836. The summed E-state index contributed by atoms with van der Waals surface area (Å²) in [6.07, 6.45) is 4.27. The van der Waals surface area contributed by atoms with E-state index in [0.29, 0.717) is 6.41 Å². The summed E-state index contributed by atoms with van der Waals surface area (Å²) in [5.41, 5.74) is 0.836. The molecular formula is C7H9NO2. The second kappa shape index (κ2) is 2.64. The minimum Gasteiger partial charge on any atom is -0.278 e. The highest BCUT2D eigenvalue weighted by Gasteiger charge is 2.16. The minimum absolute atomic E-state index is 0.207. The van der Waals surface area contributed by atoms with Gasteiger partial charge in [-0.05, 0) is 12.8 Å². The Morgan fingerprint density at radius 1 is 1.80 bits per heavy atom. The normalized spacial score (nSPS) is 15.1. The highest BCUT2D eigenvalue weighted by atomic mass is 16.2. The Morgan fingerprint density at radius 3 is 2.50 bits per heavy atom. The van der Waals surface area contributed by atoms with Crippen LogP contribution in [0.25, 0.3) is 0 Å². The van der Waals surface area contributed by atoms with Gasteiger partial charge in [0.2, 0.25) is 12.3 Å². The molecule has 0 fully saturated rings. The van der Waals surface area contributed by atoms with E-state index >= 15 is 0 Å². The summed E-state index contributed by atoms with van der Waals surface area (Å²) < 4.78 is 0. The van der Waals surface area contributed by atoms with Crippen LogP contribution in [0.3, 0.4) is 0 Å². The number of carbonyl (C=O) groups excluding carboxylic acids is 2. The lowest BCUT2D eigenvalue weighted by atomic mass is 10.1. The third kappa shape index (κ3) is 1.07. The van der Waals surface area contributed by atoms with Crippen molar-refractivity contribution in [1.82, 2.24) is 4.90 Å². The Bertz CT molecular complexity index is 196. The van der Waals surface area contributed by atoms with Crippen molar-refractivity contribution in [3.05, 3.63) is 11.8 Å². The molecule has 1 aliphatic carbocycles. The molecule has 0 N–H and O–H groups in total. The molecule has 0 saturated heterocycles. The zero-order valence-electron chi connectivity index (χ0n) is 5.83. The van der Waals surface area contributed by atoms with E-state index in [4.69, 9.17) is 0 Å². The van der Waals surface area contributed by atoms with E-state index in [1.54, 1.807) is 0 Å². The van der Waals surface area contributed by atoms with Gasteiger partial charge in [0.05, 0.1) is 0 Å². The van der Waals surface area contributed by atoms with Gasteiger partial charge in [-0.15, -0.1) is 0 Å². The van der Waals surface area contributed by atoms with Crippen LogP contribution in [0.2, 0.25) is 0 Å². The number of nitrogens with zero attached hydrogens (tertiary/aromatic N) is 1. The van der Waals surface area contributed by atoms with Crippen molar-refractivity contribution < 1.29 is 9.59 Å². The second-order valence-electron chi connectivity index (χ2n) is 2.23. The number of hydrogen-bond donors (Lipinski definition) is 0. The van der Waals surface area contributed by atoms with E-state index in [1.807, 2.05) is 6.08 Å². The second-order valence-corrected chi connectivity index (χ2v) is 2.23. The lowest BCUT2D eigenvalue weighted by Gasteiger charge is -2.22. The van der Waals surface area contributed by atoms with Crippen LogP contribution in [0.4, 0.5) is 0 Å². The summed E-state index contributed by atoms with van der Waals surface area (Å²) in [5, 5.41) is 0. The zero-order valence-corrected chi connectivity index (χ0v) is 5.83. The topological polar surface area (TPSA) is 37.4 Å². The molecule has 0 atom stereocenters. The average molecular weight is 139 g/mol. The molecule has 0 unspecified atom stereocenters. The molecule has 2 amide bonds. The fraction of sp³-hybridized carbons (Fsp3) is 0.429. The lowest BCUT2D eigenvalue weighted by molar-refractivity contribution is -0.134. The zero-order chi connectivity index (χ0) is 7.56. The Morgan fingerprint density at radius 2 is 2.40 bits per heavy atom. The first-order valence-corrected chi connectivity index (χ1v) is 3.20. The average Bonchev–Trinajstić information content (AvgIpc) is 1.76. The highest BCUT2D eigenvalue weighted by molar-refractivity contribution is 5.86. The van der Waals surface area contributed by atoms with Crippen LogP contribution in [0.5, 0.6) is 0 Å². The summed E-state index contributed by atoms with van der Waals surface area (Å²) >= 11 is 0. The maximum atomic E-state index is 10.7. The molecule has 0 aromatic carbocycles. The van der Waals surface area contributed by atoms with Crippen LogP contribution >= 0.6 is 0 Å². The molecule has 0 bridgehead atoms. The number of allylic oxidation sites excluding steroid dienone is 2. The molecule has 1 rings (SSSR count). The van der Waals surface area contributed by atoms with Crippen molar-refractivity contribution in [3.63, 3.8) is 0 Å². The van der Waals surface area contributed by atoms with Gasteiger partial charge in [0.15, 0.2) is 0 Å². The van der Waals surface area contributed by atoms with Gasteiger partial charge in [-0.25, -0.2) is 0 Å². The van der Waals surface area contributed by atoms with Gasteiger partial charge >= 0.3 is 0 Å². The van der Waals surface area contributed by atoms with Crippen LogP contribution in [-0.2, 0) is 9.59 Å². The van der Waals surface area contributed by atoms with E-state index in [0.717, 1.165) is 23.4 Å². The number of hydrogen-bond acceptors (Lipinski definition) is 2. The molecule has 0 aliphatic heterocycles. The smallest absolute Gasteiger partial charge is 0.230 e. The summed E-state index contributed by atoms with van der Waals surface area (Å²) in [6.45, 7) is 1.38. The molecule has 0 aromatic rings. The highest BCUT2D eigenvalue weighted by Crippen LogP contribution is 2.20. The van der Waals surface area contributed by atoms with Crippen LogP contribution < -0.4 is 0 Å². The molecular weight excluding hydrogens is 130 g/mol. The third-order valence-electron chi connectivity index (χ3n) is 1.53. The van der Waals surface area contributed by atoms with Crippen molar-refractivity contribution in [1.29, 1.82) is 0 Å². The van der Waals surface area contributed by atoms with Crippen molar-refractivity contribution in [2.24, 2.45) is 0 Å². The van der Waals surface area contributed by atoms with Crippen LogP contribution in [0.15, 0.2) is 11.8 Å². The first kappa shape index (κ1) is 6.99. The number of imide groups is 1. The predicted octanol–water partition coefficient (Wildman–Crippen LogP) is 0.669. The Kier molecular flexibility index (Phi) is 1.85. The standard InChI is InChI=1S/C7H9NO2/c1-6(10)8(5-9)7-3-2-4-7/h3,5H,2,4H2,1H3. The number of carbonyl (C=O) groups is 2. The van der Waals surface area contributed by atoms with Crippen molar-refractivity contribution in [2.45, 2.75) is 19.8 Å². The van der Waals surface area contributed by atoms with Crippen LogP contribution in [0, 0.1) is 0 Å². The Balaban J connectivity index is 2.64. The molecule has 3 nitrogen and oxygen atoms in total. The van der Waals surface area contributed by atoms with Crippen molar-refractivity contribution in [3.8, 4) is 0 Å². The molecule has 0 saturated carbocycles. The van der Waals surface area contributed by atoms with Crippen LogP contribution in [0.1, 0.15) is 19.8 Å².